The number of para-hydroxylation sites is 1. The SMILES string of the molecule is O=C(Nc1nnc(-c2ccc(Br)cc2)o1)c1ccccc1[N+](=O)[O-]. The van der Waals surface area contributed by atoms with Crippen LogP contribution in [0.15, 0.2) is 57.4 Å². The molecule has 0 bridgehead atoms. The number of anilines is 1. The topological polar surface area (TPSA) is 111 Å². The van der Waals surface area contributed by atoms with Gasteiger partial charge in [0, 0.05) is 16.1 Å². The number of nitro benzene ring substituents is 1. The van der Waals surface area contributed by atoms with E-state index < -0.39 is 10.8 Å². The summed E-state index contributed by atoms with van der Waals surface area (Å²) < 4.78 is 6.26. The van der Waals surface area contributed by atoms with Crippen molar-refractivity contribution in [3.8, 4) is 11.5 Å². The van der Waals surface area contributed by atoms with E-state index in [2.05, 4.69) is 31.4 Å². The van der Waals surface area contributed by atoms with Gasteiger partial charge in [0.15, 0.2) is 0 Å². The van der Waals surface area contributed by atoms with Gasteiger partial charge >= 0.3 is 6.01 Å². The van der Waals surface area contributed by atoms with Crippen LogP contribution in [0.2, 0.25) is 0 Å². The number of rotatable bonds is 4. The van der Waals surface area contributed by atoms with Gasteiger partial charge in [-0.1, -0.05) is 33.2 Å². The molecule has 0 aliphatic heterocycles. The summed E-state index contributed by atoms with van der Waals surface area (Å²) in [4.78, 5) is 22.5. The Morgan fingerprint density at radius 2 is 1.83 bits per heavy atom. The second-order valence-corrected chi connectivity index (χ2v) is 5.56. The van der Waals surface area contributed by atoms with E-state index in [-0.39, 0.29) is 23.2 Å². The molecule has 0 saturated carbocycles. The lowest BCUT2D eigenvalue weighted by atomic mass is 10.1. The monoisotopic (exact) mass is 388 g/mol. The minimum atomic E-state index is -0.701. The maximum Gasteiger partial charge on any atom is 0.322 e. The predicted molar refractivity (Wildman–Crippen MR) is 88.5 cm³/mol. The predicted octanol–water partition coefficient (Wildman–Crippen LogP) is 3.66. The number of nitrogens with zero attached hydrogens (tertiary/aromatic N) is 3. The molecule has 1 heterocycles. The van der Waals surface area contributed by atoms with Gasteiger partial charge in [0.25, 0.3) is 11.6 Å². The summed E-state index contributed by atoms with van der Waals surface area (Å²) in [6, 6.07) is 12.6. The molecule has 1 N–H and O–H groups in total. The molecule has 0 spiro atoms. The van der Waals surface area contributed by atoms with Crippen molar-refractivity contribution in [2.24, 2.45) is 0 Å². The number of hydrogen-bond acceptors (Lipinski definition) is 6. The number of benzene rings is 2. The van der Waals surface area contributed by atoms with Gasteiger partial charge in [-0.25, -0.2) is 0 Å². The molecule has 3 rings (SSSR count). The molecule has 1 amide bonds. The van der Waals surface area contributed by atoms with E-state index in [1.807, 2.05) is 12.1 Å². The maximum absolute atomic E-state index is 12.2. The zero-order chi connectivity index (χ0) is 17.1. The lowest BCUT2D eigenvalue weighted by Crippen LogP contribution is -2.14. The Balaban J connectivity index is 1.81. The number of carbonyl (C=O) groups excluding carboxylic acids is 1. The standard InChI is InChI=1S/C15H9BrN4O4/c16-10-7-5-9(6-8-10)14-18-19-15(24-14)17-13(21)11-3-1-2-4-12(11)20(22)23/h1-8H,(H,17,19,21). The number of nitrogens with one attached hydrogen (secondary N) is 1. The fraction of sp³-hybridized carbons (Fsp3) is 0. The van der Waals surface area contributed by atoms with Crippen molar-refractivity contribution in [2.75, 3.05) is 5.32 Å². The van der Waals surface area contributed by atoms with Crippen LogP contribution in [0.25, 0.3) is 11.5 Å². The largest absolute Gasteiger partial charge is 0.403 e. The van der Waals surface area contributed by atoms with Crippen LogP contribution in [0.3, 0.4) is 0 Å². The Bertz CT molecular complexity index is 908. The second-order valence-electron chi connectivity index (χ2n) is 4.65. The van der Waals surface area contributed by atoms with Crippen LogP contribution in [0.1, 0.15) is 10.4 Å². The molecule has 3 aromatic rings. The highest BCUT2D eigenvalue weighted by Gasteiger charge is 2.21. The minimum Gasteiger partial charge on any atom is -0.403 e. The third-order valence-electron chi connectivity index (χ3n) is 3.08. The van der Waals surface area contributed by atoms with Crippen LogP contribution in [-0.2, 0) is 0 Å². The summed E-state index contributed by atoms with van der Waals surface area (Å²) in [5, 5.41) is 20.9. The lowest BCUT2D eigenvalue weighted by Gasteiger charge is -2.01. The molecule has 120 valence electrons. The summed E-state index contributed by atoms with van der Waals surface area (Å²) in [6.45, 7) is 0. The minimum absolute atomic E-state index is 0.0918. The highest BCUT2D eigenvalue weighted by Crippen LogP contribution is 2.23. The number of aromatic nitrogens is 2. The molecule has 2 aromatic carbocycles. The zero-order valence-corrected chi connectivity index (χ0v) is 13.6. The highest BCUT2D eigenvalue weighted by molar-refractivity contribution is 9.10. The molecule has 0 aliphatic rings. The lowest BCUT2D eigenvalue weighted by molar-refractivity contribution is -0.385. The quantitative estimate of drug-likeness (QED) is 0.539. The summed E-state index contributed by atoms with van der Waals surface area (Å²) in [5.74, 6) is -0.478. The molecule has 8 nitrogen and oxygen atoms in total. The van der Waals surface area contributed by atoms with Crippen molar-refractivity contribution in [3.63, 3.8) is 0 Å². The number of hydrogen-bond donors (Lipinski definition) is 1. The number of carbonyl (C=O) groups is 1. The highest BCUT2D eigenvalue weighted by atomic mass is 79.9. The van der Waals surface area contributed by atoms with E-state index in [9.17, 15) is 14.9 Å². The average Bonchev–Trinajstić information content (AvgIpc) is 3.04. The number of nitro groups is 1. The molecule has 0 atom stereocenters. The normalized spacial score (nSPS) is 10.4. The van der Waals surface area contributed by atoms with Crippen molar-refractivity contribution in [3.05, 3.63) is 68.7 Å². The van der Waals surface area contributed by atoms with Crippen LogP contribution in [-0.4, -0.2) is 21.0 Å². The van der Waals surface area contributed by atoms with Crippen LogP contribution < -0.4 is 5.32 Å². The Labute approximate surface area is 143 Å². The third kappa shape index (κ3) is 3.30. The first-order valence-corrected chi connectivity index (χ1v) is 7.48. The van der Waals surface area contributed by atoms with Gasteiger partial charge in [-0.05, 0) is 30.3 Å². The van der Waals surface area contributed by atoms with Crippen LogP contribution in [0.4, 0.5) is 11.7 Å². The summed E-state index contributed by atoms with van der Waals surface area (Å²) in [6.07, 6.45) is 0. The van der Waals surface area contributed by atoms with E-state index in [0.717, 1.165) is 4.47 Å². The molecule has 0 unspecified atom stereocenters. The Hall–Kier alpha value is -3.07. The summed E-state index contributed by atoms with van der Waals surface area (Å²) in [5.41, 5.74) is 0.283. The second kappa shape index (κ2) is 6.59. The Kier molecular flexibility index (Phi) is 4.34. The van der Waals surface area contributed by atoms with Gasteiger partial charge in [-0.3, -0.25) is 20.2 Å². The van der Waals surface area contributed by atoms with Gasteiger partial charge in [-0.2, -0.15) is 0 Å². The molecular formula is C15H9BrN4O4. The Morgan fingerprint density at radius 3 is 2.54 bits per heavy atom. The molecule has 0 radical (unpaired) electrons. The fourth-order valence-electron chi connectivity index (χ4n) is 1.97. The third-order valence-corrected chi connectivity index (χ3v) is 3.61. The first-order valence-electron chi connectivity index (χ1n) is 6.69. The smallest absolute Gasteiger partial charge is 0.322 e. The van der Waals surface area contributed by atoms with E-state index in [0.29, 0.717) is 5.56 Å². The molecule has 1 aromatic heterocycles. The molecule has 24 heavy (non-hydrogen) atoms. The van der Waals surface area contributed by atoms with E-state index in [1.165, 1.54) is 24.3 Å². The van der Waals surface area contributed by atoms with E-state index in [1.54, 1.807) is 12.1 Å². The number of amides is 1. The van der Waals surface area contributed by atoms with Gasteiger partial charge in [0.1, 0.15) is 5.56 Å². The van der Waals surface area contributed by atoms with Crippen LogP contribution >= 0.6 is 15.9 Å². The first-order chi connectivity index (χ1) is 11.5. The summed E-state index contributed by atoms with van der Waals surface area (Å²) in [7, 11) is 0. The van der Waals surface area contributed by atoms with Crippen molar-refractivity contribution < 1.29 is 14.1 Å². The number of halogens is 1. The fourth-order valence-corrected chi connectivity index (χ4v) is 2.24. The van der Waals surface area contributed by atoms with Gasteiger partial charge < -0.3 is 4.42 Å². The van der Waals surface area contributed by atoms with Gasteiger partial charge in [0.05, 0.1) is 4.92 Å². The van der Waals surface area contributed by atoms with Crippen molar-refractivity contribution in [2.45, 2.75) is 0 Å². The average molecular weight is 389 g/mol. The molecule has 9 heteroatoms. The maximum atomic E-state index is 12.2. The molecule has 0 saturated heterocycles. The molecular weight excluding hydrogens is 380 g/mol. The van der Waals surface area contributed by atoms with Crippen molar-refractivity contribution >= 4 is 33.5 Å². The van der Waals surface area contributed by atoms with E-state index in [4.69, 9.17) is 4.42 Å². The first kappa shape index (κ1) is 15.8. The van der Waals surface area contributed by atoms with Gasteiger partial charge in [0.2, 0.25) is 5.89 Å². The molecule has 0 fully saturated rings. The van der Waals surface area contributed by atoms with Crippen LogP contribution in [0.5, 0.6) is 0 Å². The van der Waals surface area contributed by atoms with Gasteiger partial charge in [-0.15, -0.1) is 5.10 Å². The van der Waals surface area contributed by atoms with Crippen LogP contribution in [0, 0.1) is 10.1 Å². The van der Waals surface area contributed by atoms with Crippen molar-refractivity contribution in [1.29, 1.82) is 0 Å². The summed E-state index contributed by atoms with van der Waals surface area (Å²) >= 11 is 3.32. The van der Waals surface area contributed by atoms with E-state index >= 15 is 0 Å². The zero-order valence-electron chi connectivity index (χ0n) is 12.0. The van der Waals surface area contributed by atoms with Crippen molar-refractivity contribution in [1.82, 2.24) is 10.2 Å². The Morgan fingerprint density at radius 1 is 1.12 bits per heavy atom. The molecule has 0 aliphatic carbocycles.